The largest absolute Gasteiger partial charge is 0.460 e. The van der Waals surface area contributed by atoms with Gasteiger partial charge in [0.1, 0.15) is 5.70 Å². The molecule has 6 nitrogen and oxygen atoms in total. The maximum Gasteiger partial charge on any atom is 0.313 e. The van der Waals surface area contributed by atoms with Gasteiger partial charge in [-0.25, -0.2) is 0 Å². The molecule has 1 unspecified atom stereocenters. The van der Waals surface area contributed by atoms with E-state index in [1.165, 1.54) is 48.5 Å². The molecule has 0 saturated carbocycles. The second kappa shape index (κ2) is 6.78. The summed E-state index contributed by atoms with van der Waals surface area (Å²) in [6, 6.07) is 12.7. The first-order chi connectivity index (χ1) is 13.0. The molecule has 2 N–H and O–H groups in total. The van der Waals surface area contributed by atoms with E-state index in [2.05, 4.69) is 0 Å². The van der Waals surface area contributed by atoms with E-state index >= 15 is 0 Å². The van der Waals surface area contributed by atoms with E-state index < -0.39 is 39.3 Å². The normalized spacial score (nSPS) is 22.8. The highest BCUT2D eigenvalue weighted by Gasteiger charge is 2.39. The van der Waals surface area contributed by atoms with E-state index in [0.29, 0.717) is 0 Å². The van der Waals surface area contributed by atoms with Gasteiger partial charge in [0.05, 0.1) is 4.11 Å². The van der Waals surface area contributed by atoms with Gasteiger partial charge < -0.3 is 14.7 Å². The number of hydrogen-bond donors (Lipinski definition) is 1. The van der Waals surface area contributed by atoms with Gasteiger partial charge in [0.25, 0.3) is 0 Å². The van der Waals surface area contributed by atoms with Crippen LogP contribution in [0, 0.1) is 0 Å². The molecular weight excluding hydrogens is 366 g/mol. The fourth-order valence-corrected chi connectivity index (χ4v) is 3.13. The summed E-state index contributed by atoms with van der Waals surface area (Å²) in [5, 5.41) is 0.224. The summed E-state index contributed by atoms with van der Waals surface area (Å²) >= 11 is 5.87. The second-order valence-electron chi connectivity index (χ2n) is 4.97. The van der Waals surface area contributed by atoms with Crippen molar-refractivity contribution in [1.29, 1.82) is 0 Å². The van der Waals surface area contributed by atoms with Crippen LogP contribution >= 0.6 is 11.6 Å². The van der Waals surface area contributed by atoms with Crippen LogP contribution in [0.1, 0.15) is 21.3 Å². The molecule has 130 valence electrons. The molecule has 0 aromatic heterocycles. The van der Waals surface area contributed by atoms with Crippen molar-refractivity contribution < 1.29 is 26.2 Å². The molecule has 3 rings (SSSR count). The topological polar surface area (TPSA) is 95.7 Å². The molecule has 0 spiro atoms. The molecule has 0 fully saturated rings. The van der Waals surface area contributed by atoms with Crippen LogP contribution in [-0.4, -0.2) is 14.2 Å². The van der Waals surface area contributed by atoms with Gasteiger partial charge in [0, 0.05) is 10.6 Å². The molecule has 8 heteroatoms. The van der Waals surface area contributed by atoms with Crippen molar-refractivity contribution in [2.75, 3.05) is 0 Å². The predicted octanol–water partition coefficient (Wildman–Crippen LogP) is 2.65. The van der Waals surface area contributed by atoms with E-state index in [4.69, 9.17) is 30.4 Å². The summed E-state index contributed by atoms with van der Waals surface area (Å²) in [5.74, 6) is -2.90. The Morgan fingerprint density at radius 2 is 1.96 bits per heavy atom. The molecule has 0 bridgehead atoms. The van der Waals surface area contributed by atoms with Crippen LogP contribution < -0.4 is 5.73 Å². The van der Waals surface area contributed by atoms with Crippen LogP contribution in [0.2, 0.25) is 5.02 Å². The third-order valence-corrected chi connectivity index (χ3v) is 4.25. The highest BCUT2D eigenvalue weighted by Crippen LogP contribution is 2.33. The first kappa shape index (κ1) is 13.7. The zero-order valence-electron chi connectivity index (χ0n) is 15.6. The van der Waals surface area contributed by atoms with Gasteiger partial charge in [-0.05, 0) is 17.7 Å². The third-order valence-electron chi connectivity index (χ3n) is 3.14. The molecule has 0 saturated heterocycles. The molecule has 2 aromatic carbocycles. The Morgan fingerprint density at radius 3 is 2.64 bits per heavy atom. The Morgan fingerprint density at radius 1 is 1.24 bits per heavy atom. The Bertz CT molecular complexity index is 1080. The van der Waals surface area contributed by atoms with E-state index in [9.17, 15) is 13.2 Å². The summed E-state index contributed by atoms with van der Waals surface area (Å²) in [6.45, 7) is 0. The number of benzene rings is 2. The lowest BCUT2D eigenvalue weighted by molar-refractivity contribution is -0.123. The van der Waals surface area contributed by atoms with E-state index in [1.807, 2.05) is 0 Å². The number of carbonyl (C=O) groups is 1. The van der Waals surface area contributed by atoms with E-state index in [1.54, 1.807) is 6.07 Å². The number of hydrogen-bond acceptors (Lipinski definition) is 6. The molecule has 2 aromatic rings. The molecule has 1 heterocycles. The highest BCUT2D eigenvalue weighted by atomic mass is 35.5. The van der Waals surface area contributed by atoms with Crippen LogP contribution in [0.5, 0.6) is 0 Å². The van der Waals surface area contributed by atoms with Crippen LogP contribution in [0.3, 0.4) is 0 Å². The Labute approximate surface area is 154 Å². The number of nitrogens with two attached hydrogens (primary N) is 1. The fourth-order valence-electron chi connectivity index (χ4n) is 2.10. The maximum atomic E-state index is 12.7. The smallest absolute Gasteiger partial charge is 0.313 e. The molecule has 25 heavy (non-hydrogen) atoms. The summed E-state index contributed by atoms with van der Waals surface area (Å²) in [4.78, 5) is 12.7. The van der Waals surface area contributed by atoms with Crippen molar-refractivity contribution in [3.05, 3.63) is 82.4 Å². The quantitative estimate of drug-likeness (QED) is 0.798. The number of ether oxygens (including phenoxy) is 1. The standard InChI is InChI=1S/C17H14ClNO5S/c18-13-8-4-7-12(9-13)15-14(20)16(17(19)23-15)24-25(21,22)10-11-5-2-1-3-6-11/h1-9,15H,10,19H2/i10D2,15D. The predicted molar refractivity (Wildman–Crippen MR) is 91.6 cm³/mol. The lowest BCUT2D eigenvalue weighted by Crippen LogP contribution is -2.16. The van der Waals surface area contributed by atoms with Crippen molar-refractivity contribution in [3.8, 4) is 0 Å². The number of ketones is 1. The molecular formula is C17H14ClNO5S. The zero-order valence-corrected chi connectivity index (χ0v) is 14.2. The van der Waals surface area contributed by atoms with Crippen molar-refractivity contribution in [2.24, 2.45) is 5.73 Å². The van der Waals surface area contributed by atoms with Crippen LogP contribution in [-0.2, 0) is 29.5 Å². The summed E-state index contributed by atoms with van der Waals surface area (Å²) in [7, 11) is -5.02. The van der Waals surface area contributed by atoms with E-state index in [0.717, 1.165) is 0 Å². The average molecular weight is 383 g/mol. The van der Waals surface area contributed by atoms with Gasteiger partial charge in [0.15, 0.2) is 6.08 Å². The molecule has 0 amide bonds. The highest BCUT2D eigenvalue weighted by molar-refractivity contribution is 7.86. The van der Waals surface area contributed by atoms with Gasteiger partial charge in [0.2, 0.25) is 17.4 Å². The fraction of sp³-hybridized carbons (Fsp3) is 0.118. The summed E-state index contributed by atoms with van der Waals surface area (Å²) in [5.41, 5.74) is 2.41. The van der Waals surface area contributed by atoms with Crippen LogP contribution in [0.4, 0.5) is 0 Å². The van der Waals surface area contributed by atoms with Gasteiger partial charge in [-0.1, -0.05) is 54.1 Å². The molecule has 1 atom stereocenters. The molecule has 0 aliphatic carbocycles. The lowest BCUT2D eigenvalue weighted by Gasteiger charge is -2.10. The summed E-state index contributed by atoms with van der Waals surface area (Å²) in [6.07, 6.45) is -2.40. The van der Waals surface area contributed by atoms with E-state index in [-0.39, 0.29) is 16.1 Å². The van der Waals surface area contributed by atoms with Crippen molar-refractivity contribution in [2.45, 2.75) is 11.8 Å². The van der Waals surface area contributed by atoms with Gasteiger partial charge in [-0.15, -0.1) is 0 Å². The average Bonchev–Trinajstić information content (AvgIpc) is 2.86. The number of carbonyl (C=O) groups excluding carboxylic acids is 1. The third kappa shape index (κ3) is 3.94. The molecule has 0 radical (unpaired) electrons. The maximum absolute atomic E-state index is 12.7. The Hall–Kier alpha value is -2.51. The minimum Gasteiger partial charge on any atom is -0.460 e. The SMILES string of the molecule is [2H]C1(c2cccc(Cl)c2)OC(N)=C(OS(=O)(=O)C([2H])([2H])c2ccccc2)C1=O. The lowest BCUT2D eigenvalue weighted by atomic mass is 10.1. The van der Waals surface area contributed by atoms with Crippen molar-refractivity contribution >= 4 is 27.5 Å². The van der Waals surface area contributed by atoms with Crippen molar-refractivity contribution in [1.82, 2.24) is 0 Å². The molecule has 1 aliphatic rings. The monoisotopic (exact) mass is 382 g/mol. The van der Waals surface area contributed by atoms with Gasteiger partial charge in [-0.2, -0.15) is 8.42 Å². The molecule has 1 aliphatic heterocycles. The van der Waals surface area contributed by atoms with Crippen molar-refractivity contribution in [3.63, 3.8) is 0 Å². The van der Waals surface area contributed by atoms with Crippen LogP contribution in [0.25, 0.3) is 0 Å². The summed E-state index contributed by atoms with van der Waals surface area (Å²) < 4.78 is 59.0. The van der Waals surface area contributed by atoms with Crippen LogP contribution in [0.15, 0.2) is 66.2 Å². The number of halogens is 1. The Kier molecular flexibility index (Phi) is 3.73. The number of Topliss-reactive ketones (excluding diaryl/α,β-unsaturated/α-hetero) is 1. The number of rotatable bonds is 5. The Balaban J connectivity index is 1.94. The first-order valence-corrected chi connectivity index (χ1v) is 8.77. The second-order valence-corrected chi connectivity index (χ2v) is 6.69. The zero-order chi connectivity index (χ0) is 20.7. The van der Waals surface area contributed by atoms with Gasteiger partial charge >= 0.3 is 10.1 Å². The first-order valence-electron chi connectivity index (χ1n) is 8.48. The van der Waals surface area contributed by atoms with Gasteiger partial charge in [-0.3, -0.25) is 4.79 Å². The minimum atomic E-state index is -5.02. The minimum absolute atomic E-state index is 0.00928.